The minimum absolute atomic E-state index is 0.0165. The molecule has 1 atom stereocenters. The highest BCUT2D eigenvalue weighted by atomic mass is 16.6. The van der Waals surface area contributed by atoms with E-state index in [-0.39, 0.29) is 5.69 Å². The summed E-state index contributed by atoms with van der Waals surface area (Å²) in [6, 6.07) is 4.71. The van der Waals surface area contributed by atoms with E-state index in [1.165, 1.54) is 12.1 Å². The maximum Gasteiger partial charge on any atom is 0.273 e. The van der Waals surface area contributed by atoms with Crippen molar-refractivity contribution < 1.29 is 10.0 Å². The van der Waals surface area contributed by atoms with Crippen LogP contribution in [0, 0.1) is 16.0 Å². The molecule has 1 aromatic rings. The number of benzene rings is 1. The molecular formula is C14H23N3O3. The number of non-ortho nitro benzene ring substituents is 1. The normalized spacial score (nSPS) is 13.9. The van der Waals surface area contributed by atoms with Crippen molar-refractivity contribution in [2.75, 3.05) is 24.2 Å². The summed E-state index contributed by atoms with van der Waals surface area (Å²) in [4.78, 5) is 10.4. The number of nitrogens with one attached hydrogen (secondary N) is 2. The summed E-state index contributed by atoms with van der Waals surface area (Å²) >= 11 is 0. The third kappa shape index (κ3) is 5.05. The first-order chi connectivity index (χ1) is 9.23. The summed E-state index contributed by atoms with van der Waals surface area (Å²) in [6.07, 6.45) is 0.661. The van der Waals surface area contributed by atoms with Crippen molar-refractivity contribution in [2.45, 2.75) is 32.8 Å². The molecule has 1 unspecified atom stereocenters. The first-order valence-corrected chi connectivity index (χ1v) is 6.67. The Morgan fingerprint density at radius 2 is 1.95 bits per heavy atom. The third-order valence-corrected chi connectivity index (χ3v) is 2.94. The van der Waals surface area contributed by atoms with Gasteiger partial charge in [0.1, 0.15) is 0 Å². The van der Waals surface area contributed by atoms with E-state index in [0.29, 0.717) is 30.3 Å². The molecule has 112 valence electrons. The average molecular weight is 281 g/mol. The number of rotatable bonds is 7. The van der Waals surface area contributed by atoms with Crippen molar-refractivity contribution in [3.8, 4) is 0 Å². The lowest BCUT2D eigenvalue weighted by atomic mass is 9.94. The van der Waals surface area contributed by atoms with Crippen LogP contribution >= 0.6 is 0 Å². The zero-order valence-electron chi connectivity index (χ0n) is 12.4. The van der Waals surface area contributed by atoms with Gasteiger partial charge in [-0.25, -0.2) is 0 Å². The number of hydrogen-bond acceptors (Lipinski definition) is 5. The highest BCUT2D eigenvalue weighted by Crippen LogP contribution is 2.25. The number of nitro benzene ring substituents is 1. The van der Waals surface area contributed by atoms with E-state index in [9.17, 15) is 15.2 Å². The topological polar surface area (TPSA) is 87.4 Å². The molecule has 0 radical (unpaired) electrons. The Balaban J connectivity index is 2.82. The van der Waals surface area contributed by atoms with Crippen molar-refractivity contribution in [2.24, 2.45) is 5.92 Å². The molecule has 6 nitrogen and oxygen atoms in total. The molecule has 20 heavy (non-hydrogen) atoms. The summed E-state index contributed by atoms with van der Waals surface area (Å²) < 4.78 is 0. The van der Waals surface area contributed by atoms with E-state index in [1.54, 1.807) is 20.0 Å². The van der Waals surface area contributed by atoms with E-state index in [4.69, 9.17) is 0 Å². The summed E-state index contributed by atoms with van der Waals surface area (Å²) in [5, 5.41) is 27.1. The zero-order valence-corrected chi connectivity index (χ0v) is 12.4. The maximum absolute atomic E-state index is 10.9. The second kappa shape index (κ2) is 6.56. The van der Waals surface area contributed by atoms with Gasteiger partial charge < -0.3 is 15.7 Å². The highest BCUT2D eigenvalue weighted by Gasteiger charge is 2.22. The van der Waals surface area contributed by atoms with Gasteiger partial charge in [0.05, 0.1) is 10.5 Å². The Bertz CT molecular complexity index is 473. The fraction of sp³-hybridized carbons (Fsp3) is 0.571. The Morgan fingerprint density at radius 1 is 1.35 bits per heavy atom. The highest BCUT2D eigenvalue weighted by molar-refractivity contribution is 5.63. The van der Waals surface area contributed by atoms with Crippen molar-refractivity contribution in [1.29, 1.82) is 0 Å². The van der Waals surface area contributed by atoms with Gasteiger partial charge in [-0.05, 0) is 25.3 Å². The molecule has 1 rings (SSSR count). The number of anilines is 2. The molecule has 0 aliphatic rings. The molecule has 0 heterocycles. The van der Waals surface area contributed by atoms with E-state index in [2.05, 4.69) is 10.6 Å². The summed E-state index contributed by atoms with van der Waals surface area (Å²) in [5.41, 5.74) is 0.444. The van der Waals surface area contributed by atoms with Gasteiger partial charge in [-0.3, -0.25) is 10.1 Å². The van der Waals surface area contributed by atoms with E-state index in [0.717, 1.165) is 0 Å². The van der Waals surface area contributed by atoms with Crippen LogP contribution in [-0.2, 0) is 0 Å². The first kappa shape index (κ1) is 16.2. The van der Waals surface area contributed by atoms with Gasteiger partial charge >= 0.3 is 0 Å². The number of nitro groups is 1. The fourth-order valence-corrected chi connectivity index (χ4v) is 2.21. The molecule has 0 aliphatic heterocycles. The molecule has 0 bridgehead atoms. The number of nitrogens with zero attached hydrogens (tertiary/aromatic N) is 1. The van der Waals surface area contributed by atoms with Gasteiger partial charge in [-0.15, -0.1) is 0 Å². The molecule has 0 amide bonds. The number of aliphatic hydroxyl groups is 1. The smallest absolute Gasteiger partial charge is 0.273 e. The second-order valence-electron chi connectivity index (χ2n) is 5.72. The van der Waals surface area contributed by atoms with Crippen LogP contribution in [0.15, 0.2) is 18.2 Å². The van der Waals surface area contributed by atoms with Gasteiger partial charge in [-0.1, -0.05) is 13.8 Å². The SMILES string of the molecule is CNc1cc(NCC(C)(O)CC(C)C)cc([N+](=O)[O-])c1. The maximum atomic E-state index is 10.9. The summed E-state index contributed by atoms with van der Waals surface area (Å²) in [6.45, 7) is 6.19. The molecule has 0 saturated carbocycles. The van der Waals surface area contributed by atoms with Crippen LogP contribution in [0.5, 0.6) is 0 Å². The van der Waals surface area contributed by atoms with E-state index >= 15 is 0 Å². The van der Waals surface area contributed by atoms with Crippen LogP contribution in [0.4, 0.5) is 17.1 Å². The van der Waals surface area contributed by atoms with Crippen LogP contribution in [0.2, 0.25) is 0 Å². The molecule has 0 fully saturated rings. The van der Waals surface area contributed by atoms with Gasteiger partial charge in [0, 0.05) is 37.1 Å². The molecule has 0 saturated heterocycles. The monoisotopic (exact) mass is 281 g/mol. The largest absolute Gasteiger partial charge is 0.388 e. The lowest BCUT2D eigenvalue weighted by Gasteiger charge is -2.26. The van der Waals surface area contributed by atoms with Gasteiger partial charge in [0.25, 0.3) is 5.69 Å². The van der Waals surface area contributed by atoms with Crippen LogP contribution in [-0.4, -0.2) is 29.2 Å². The Kier molecular flexibility index (Phi) is 5.33. The Hall–Kier alpha value is -1.82. The molecule has 6 heteroatoms. The Labute approximate surface area is 119 Å². The van der Waals surface area contributed by atoms with Crippen LogP contribution in [0.1, 0.15) is 27.2 Å². The molecule has 1 aromatic carbocycles. The van der Waals surface area contributed by atoms with Crippen molar-refractivity contribution in [3.05, 3.63) is 28.3 Å². The van der Waals surface area contributed by atoms with Crippen molar-refractivity contribution >= 4 is 17.1 Å². The van der Waals surface area contributed by atoms with Gasteiger partial charge in [0.15, 0.2) is 0 Å². The van der Waals surface area contributed by atoms with E-state index < -0.39 is 10.5 Å². The summed E-state index contributed by atoms with van der Waals surface area (Å²) in [5.74, 6) is 0.379. The predicted molar refractivity (Wildman–Crippen MR) is 81.2 cm³/mol. The van der Waals surface area contributed by atoms with Gasteiger partial charge in [0.2, 0.25) is 0 Å². The second-order valence-corrected chi connectivity index (χ2v) is 5.72. The van der Waals surface area contributed by atoms with Gasteiger partial charge in [-0.2, -0.15) is 0 Å². The molecular weight excluding hydrogens is 258 g/mol. The average Bonchev–Trinajstić information content (AvgIpc) is 2.34. The Morgan fingerprint density at radius 3 is 2.45 bits per heavy atom. The van der Waals surface area contributed by atoms with E-state index in [1.807, 2.05) is 13.8 Å². The molecule has 0 spiro atoms. The quantitative estimate of drug-likeness (QED) is 0.528. The minimum atomic E-state index is -0.849. The van der Waals surface area contributed by atoms with Crippen LogP contribution in [0.25, 0.3) is 0 Å². The third-order valence-electron chi connectivity index (χ3n) is 2.94. The first-order valence-electron chi connectivity index (χ1n) is 6.67. The molecule has 0 aliphatic carbocycles. The summed E-state index contributed by atoms with van der Waals surface area (Å²) in [7, 11) is 1.71. The predicted octanol–water partition coefficient (Wildman–Crippen LogP) is 2.85. The number of hydrogen-bond donors (Lipinski definition) is 3. The minimum Gasteiger partial charge on any atom is -0.388 e. The zero-order chi connectivity index (χ0) is 15.3. The standard InChI is InChI=1S/C14H23N3O3/c1-10(2)8-14(3,18)9-16-12-5-11(15-4)6-13(7-12)17(19)20/h5-7,10,15-16,18H,8-9H2,1-4H3. The van der Waals surface area contributed by atoms with Crippen LogP contribution < -0.4 is 10.6 Å². The van der Waals surface area contributed by atoms with Crippen molar-refractivity contribution in [3.63, 3.8) is 0 Å². The fourth-order valence-electron chi connectivity index (χ4n) is 2.21. The lowest BCUT2D eigenvalue weighted by molar-refractivity contribution is -0.384. The molecule has 0 aromatic heterocycles. The lowest BCUT2D eigenvalue weighted by Crippen LogP contribution is -2.34. The van der Waals surface area contributed by atoms with Crippen molar-refractivity contribution in [1.82, 2.24) is 0 Å². The van der Waals surface area contributed by atoms with Crippen LogP contribution in [0.3, 0.4) is 0 Å². The molecule has 3 N–H and O–H groups in total.